The Morgan fingerprint density at radius 2 is 1.96 bits per heavy atom. The van der Waals surface area contributed by atoms with Crippen LogP contribution >= 0.6 is 26.1 Å². The maximum Gasteiger partial charge on any atom is 0.287 e. The molecule has 0 saturated carbocycles. The third-order valence-electron chi connectivity index (χ3n) is 3.84. The van der Waals surface area contributed by atoms with E-state index in [1.807, 2.05) is 6.92 Å². The molecule has 1 amide bonds. The summed E-state index contributed by atoms with van der Waals surface area (Å²) in [5, 5.41) is 18.1. The predicted molar refractivity (Wildman–Crippen MR) is 118 cm³/mol. The molecule has 2 aromatic rings. The molecule has 9 nitrogen and oxygen atoms in total. The molecular weight excluding hydrogens is 448 g/mol. The molecule has 11 heteroatoms. The van der Waals surface area contributed by atoms with Crippen molar-refractivity contribution in [1.82, 2.24) is 9.97 Å². The average molecular weight is 471 g/mol. The van der Waals surface area contributed by atoms with Crippen molar-refractivity contribution in [3.05, 3.63) is 39.8 Å². The number of amides is 1. The Bertz CT molecular complexity index is 865. The highest BCUT2D eigenvalue weighted by Crippen LogP contribution is 2.42. The number of benzene rings is 1. The summed E-state index contributed by atoms with van der Waals surface area (Å²) in [6, 6.07) is 6.76. The summed E-state index contributed by atoms with van der Waals surface area (Å²) >= 11 is 3.38. The van der Waals surface area contributed by atoms with Gasteiger partial charge in [-0.15, -0.1) is 4.91 Å². The van der Waals surface area contributed by atoms with Crippen LogP contribution in [-0.2, 0) is 0 Å². The molecule has 0 saturated heterocycles. The number of aliphatic hydroxyl groups excluding tert-OH is 1. The van der Waals surface area contributed by atoms with Gasteiger partial charge in [-0.2, -0.15) is 4.98 Å². The largest absolute Gasteiger partial charge is 0.391 e. The average Bonchev–Trinajstić information content (AvgIpc) is 2.64. The van der Waals surface area contributed by atoms with Crippen LogP contribution in [0.1, 0.15) is 13.8 Å². The second kappa shape index (κ2) is 9.30. The number of hydrogen-bond acceptors (Lipinski definition) is 8. The monoisotopic (exact) mass is 470 g/mol. The van der Waals surface area contributed by atoms with E-state index in [9.17, 15) is 14.8 Å². The number of halogens is 1. The number of nitroso groups, excluding NO2 is 1. The third-order valence-corrected chi connectivity index (χ3v) is 5.80. The fourth-order valence-corrected chi connectivity index (χ4v) is 2.69. The van der Waals surface area contributed by atoms with Crippen molar-refractivity contribution >= 4 is 54.5 Å². The van der Waals surface area contributed by atoms with Gasteiger partial charge in [-0.1, -0.05) is 6.07 Å². The first-order valence-corrected chi connectivity index (χ1v) is 11.6. The molecule has 4 N–H and O–H groups in total. The third kappa shape index (κ3) is 5.88. The molecule has 0 aliphatic heterocycles. The van der Waals surface area contributed by atoms with Gasteiger partial charge in [0.25, 0.3) is 5.24 Å². The van der Waals surface area contributed by atoms with E-state index in [0.29, 0.717) is 27.6 Å². The van der Waals surface area contributed by atoms with Gasteiger partial charge in [-0.25, -0.2) is 4.98 Å². The minimum Gasteiger partial charge on any atom is -0.391 e. The van der Waals surface area contributed by atoms with Crippen LogP contribution in [0.2, 0.25) is 0 Å². The lowest BCUT2D eigenvalue weighted by atomic mass is 10.2. The fourth-order valence-electron chi connectivity index (χ4n) is 1.95. The lowest BCUT2D eigenvalue weighted by Gasteiger charge is -2.20. The van der Waals surface area contributed by atoms with Gasteiger partial charge >= 0.3 is 0 Å². The zero-order valence-corrected chi connectivity index (χ0v) is 18.3. The molecule has 1 aromatic carbocycles. The zero-order valence-electron chi connectivity index (χ0n) is 15.9. The first kappa shape index (κ1) is 22.1. The molecule has 0 aliphatic carbocycles. The molecule has 0 spiro atoms. The standard InChI is InChI=1S/C17H23BrN6O3S/c1-10(11(2)25)20-15-14(18)9-19-16(23-15)21-12-6-5-7-13(8-12)22-17(26)28(3,4)24-27/h5-11,25H,1-4H3,(H,22,26)(H2,19,20,21,23)/t10-,11-/m1/s1. The van der Waals surface area contributed by atoms with Crippen molar-refractivity contribution < 1.29 is 9.90 Å². The number of rotatable bonds is 7. The summed E-state index contributed by atoms with van der Waals surface area (Å²) in [6.07, 6.45) is 4.09. The maximum atomic E-state index is 12.1. The highest BCUT2D eigenvalue weighted by atomic mass is 79.9. The van der Waals surface area contributed by atoms with Gasteiger partial charge in [-0.05, 0) is 75.3 Å². The van der Waals surface area contributed by atoms with E-state index in [1.54, 1.807) is 37.4 Å². The smallest absolute Gasteiger partial charge is 0.287 e. The van der Waals surface area contributed by atoms with E-state index in [0.717, 1.165) is 0 Å². The van der Waals surface area contributed by atoms with Gasteiger partial charge in [0.05, 0.1) is 16.6 Å². The second-order valence-corrected chi connectivity index (χ2v) is 10.4. The maximum absolute atomic E-state index is 12.1. The fraction of sp³-hybridized carbons (Fsp3) is 0.353. The predicted octanol–water partition coefficient (Wildman–Crippen LogP) is 4.44. The molecule has 1 aromatic heterocycles. The lowest BCUT2D eigenvalue weighted by Crippen LogP contribution is -2.28. The number of anilines is 4. The number of nitrogens with zero attached hydrogens (tertiary/aromatic N) is 3. The number of carbonyl (C=O) groups excluding carboxylic acids is 1. The van der Waals surface area contributed by atoms with Crippen LogP contribution in [0.15, 0.2) is 39.5 Å². The van der Waals surface area contributed by atoms with E-state index in [1.165, 1.54) is 12.5 Å². The molecule has 2 rings (SSSR count). The van der Waals surface area contributed by atoms with Crippen LogP contribution in [0.25, 0.3) is 0 Å². The molecule has 2 atom stereocenters. The van der Waals surface area contributed by atoms with Gasteiger partial charge in [0.1, 0.15) is 5.82 Å². The number of carbonyl (C=O) groups is 1. The minimum atomic E-state index is -2.26. The summed E-state index contributed by atoms with van der Waals surface area (Å²) in [5.74, 6) is 0.880. The Balaban J connectivity index is 2.16. The lowest BCUT2D eigenvalue weighted by molar-refractivity contribution is 0.177. The molecular formula is C17H23BrN6O3S. The quantitative estimate of drug-likeness (QED) is 0.440. The van der Waals surface area contributed by atoms with Gasteiger partial charge in [0, 0.05) is 17.6 Å². The SMILES string of the molecule is C[C@@H](O)[C@@H](C)Nc1nc(Nc2cccc(NC(=O)S(C)(C)N=O)c2)ncc1Br. The van der Waals surface area contributed by atoms with Crippen LogP contribution in [0.3, 0.4) is 0 Å². The van der Waals surface area contributed by atoms with Crippen molar-refractivity contribution in [1.29, 1.82) is 0 Å². The van der Waals surface area contributed by atoms with Crippen LogP contribution in [0.5, 0.6) is 0 Å². The van der Waals surface area contributed by atoms with Crippen LogP contribution in [0, 0.1) is 4.91 Å². The van der Waals surface area contributed by atoms with E-state index in [-0.39, 0.29) is 6.04 Å². The molecule has 0 fully saturated rings. The van der Waals surface area contributed by atoms with Crippen LogP contribution in [0.4, 0.5) is 27.9 Å². The van der Waals surface area contributed by atoms with Crippen molar-refractivity contribution in [2.75, 3.05) is 28.5 Å². The Morgan fingerprint density at radius 1 is 1.29 bits per heavy atom. The summed E-state index contributed by atoms with van der Waals surface area (Å²) in [5.41, 5.74) is 1.18. The highest BCUT2D eigenvalue weighted by molar-refractivity contribution is 9.10. The second-order valence-electron chi connectivity index (χ2n) is 6.53. The van der Waals surface area contributed by atoms with Crippen LogP contribution in [-0.4, -0.2) is 45.0 Å². The molecule has 0 bridgehead atoms. The Hall–Kier alpha value is -2.24. The number of aliphatic hydroxyl groups is 1. The molecule has 28 heavy (non-hydrogen) atoms. The Kier molecular flexibility index (Phi) is 7.33. The van der Waals surface area contributed by atoms with Crippen LogP contribution < -0.4 is 16.0 Å². The molecule has 0 radical (unpaired) electrons. The van der Waals surface area contributed by atoms with Gasteiger partial charge in [-0.3, -0.25) is 4.79 Å². The normalized spacial score (nSPS) is 13.9. The highest BCUT2D eigenvalue weighted by Gasteiger charge is 2.22. The van der Waals surface area contributed by atoms with Gasteiger partial charge in [0.15, 0.2) is 0 Å². The Labute approximate surface area is 173 Å². The number of aromatic nitrogens is 2. The van der Waals surface area contributed by atoms with E-state index in [4.69, 9.17) is 0 Å². The Morgan fingerprint density at radius 3 is 2.61 bits per heavy atom. The van der Waals surface area contributed by atoms with E-state index >= 15 is 0 Å². The van der Waals surface area contributed by atoms with Crippen molar-refractivity contribution in [3.8, 4) is 0 Å². The first-order chi connectivity index (χ1) is 13.1. The van der Waals surface area contributed by atoms with Crippen molar-refractivity contribution in [2.24, 2.45) is 4.58 Å². The van der Waals surface area contributed by atoms with Gasteiger partial charge < -0.3 is 21.1 Å². The van der Waals surface area contributed by atoms with Gasteiger partial charge in [0.2, 0.25) is 5.95 Å². The summed E-state index contributed by atoms with van der Waals surface area (Å²) in [7, 11) is -2.26. The number of hydrogen-bond donors (Lipinski definition) is 4. The first-order valence-electron chi connectivity index (χ1n) is 8.35. The molecule has 1 heterocycles. The zero-order chi connectivity index (χ0) is 20.9. The number of nitrogens with one attached hydrogen (secondary N) is 3. The van der Waals surface area contributed by atoms with E-state index < -0.39 is 21.6 Å². The summed E-state index contributed by atoms with van der Waals surface area (Å²) in [6.45, 7) is 3.53. The summed E-state index contributed by atoms with van der Waals surface area (Å²) in [4.78, 5) is 31.6. The molecule has 152 valence electrons. The minimum absolute atomic E-state index is 0.199. The van der Waals surface area contributed by atoms with Crippen molar-refractivity contribution in [3.63, 3.8) is 0 Å². The summed E-state index contributed by atoms with van der Waals surface area (Å²) < 4.78 is 3.58. The van der Waals surface area contributed by atoms with E-state index in [2.05, 4.69) is 46.4 Å². The van der Waals surface area contributed by atoms with Crippen molar-refractivity contribution in [2.45, 2.75) is 26.0 Å². The molecule has 0 aliphatic rings. The molecule has 0 unspecified atom stereocenters. The topological polar surface area (TPSA) is 129 Å².